The lowest BCUT2D eigenvalue weighted by molar-refractivity contribution is 0.297. The summed E-state index contributed by atoms with van der Waals surface area (Å²) < 4.78 is 6.14. The van der Waals surface area contributed by atoms with Gasteiger partial charge in [0.15, 0.2) is 0 Å². The zero-order valence-electron chi connectivity index (χ0n) is 9.51. The van der Waals surface area contributed by atoms with Gasteiger partial charge in [-0.1, -0.05) is 18.2 Å². The Morgan fingerprint density at radius 2 is 2.06 bits per heavy atom. The molecule has 0 amide bonds. The Kier molecular flexibility index (Phi) is 4.11. The molecule has 0 saturated carbocycles. The van der Waals surface area contributed by atoms with E-state index in [1.165, 1.54) is 0 Å². The summed E-state index contributed by atoms with van der Waals surface area (Å²) in [5, 5.41) is 8.98. The molecule has 6 heteroatoms. The quantitative estimate of drug-likeness (QED) is 0.846. The van der Waals surface area contributed by atoms with Crippen LogP contribution in [0.5, 0.6) is 11.8 Å². The number of hydrogen-bond donors (Lipinski definition) is 2. The predicted molar refractivity (Wildman–Crippen MR) is 71.5 cm³/mol. The molecule has 0 atom stereocenters. The van der Waals surface area contributed by atoms with E-state index in [0.29, 0.717) is 22.6 Å². The highest BCUT2D eigenvalue weighted by Crippen LogP contribution is 2.24. The molecule has 0 saturated heterocycles. The summed E-state index contributed by atoms with van der Waals surface area (Å²) >= 11 is 3.22. The van der Waals surface area contributed by atoms with Gasteiger partial charge in [-0.15, -0.1) is 0 Å². The van der Waals surface area contributed by atoms with E-state index in [4.69, 9.17) is 15.6 Å². The van der Waals surface area contributed by atoms with Crippen LogP contribution in [0.3, 0.4) is 0 Å². The van der Waals surface area contributed by atoms with Crippen LogP contribution in [0.25, 0.3) is 0 Å². The molecule has 18 heavy (non-hydrogen) atoms. The van der Waals surface area contributed by atoms with Gasteiger partial charge in [0.25, 0.3) is 0 Å². The van der Waals surface area contributed by atoms with Crippen molar-refractivity contribution in [2.75, 3.05) is 12.3 Å². The van der Waals surface area contributed by atoms with Gasteiger partial charge >= 0.3 is 6.01 Å². The molecule has 2 rings (SSSR count). The molecular formula is C12H12BrN3O2. The molecule has 0 radical (unpaired) electrons. The standard InChI is InChI=1S/C12H12BrN3O2/c13-10-7-11(14)16-12(15-10)18-9-4-2-1-3-8(9)5-6-17/h1-4,7,17H,5-6H2,(H2,14,15,16). The highest BCUT2D eigenvalue weighted by Gasteiger charge is 2.07. The van der Waals surface area contributed by atoms with Crippen LogP contribution in [0, 0.1) is 0 Å². The third kappa shape index (κ3) is 3.18. The minimum absolute atomic E-state index is 0.0574. The van der Waals surface area contributed by atoms with E-state index in [1.54, 1.807) is 12.1 Å². The average Bonchev–Trinajstić information content (AvgIpc) is 2.30. The van der Waals surface area contributed by atoms with Crippen molar-refractivity contribution in [3.8, 4) is 11.8 Å². The van der Waals surface area contributed by atoms with Crippen LogP contribution in [0.1, 0.15) is 5.56 Å². The van der Waals surface area contributed by atoms with E-state index in [0.717, 1.165) is 5.56 Å². The molecule has 0 fully saturated rings. The first kappa shape index (κ1) is 12.8. The number of nitrogen functional groups attached to an aromatic ring is 1. The lowest BCUT2D eigenvalue weighted by atomic mass is 10.1. The molecule has 0 spiro atoms. The summed E-state index contributed by atoms with van der Waals surface area (Å²) in [5.74, 6) is 0.940. The first-order valence-electron chi connectivity index (χ1n) is 5.35. The smallest absolute Gasteiger partial charge is 0.325 e. The summed E-state index contributed by atoms with van der Waals surface area (Å²) in [6, 6.07) is 9.17. The molecular weight excluding hydrogens is 298 g/mol. The molecule has 1 aromatic heterocycles. The van der Waals surface area contributed by atoms with Crippen LogP contribution in [-0.4, -0.2) is 21.7 Å². The van der Waals surface area contributed by atoms with Gasteiger partial charge in [0.05, 0.1) is 0 Å². The van der Waals surface area contributed by atoms with Gasteiger partial charge < -0.3 is 15.6 Å². The van der Waals surface area contributed by atoms with Gasteiger partial charge in [0.2, 0.25) is 0 Å². The Bertz CT molecular complexity index is 528. The van der Waals surface area contributed by atoms with Crippen LogP contribution in [0.4, 0.5) is 5.82 Å². The number of ether oxygens (including phenoxy) is 1. The van der Waals surface area contributed by atoms with Crippen LogP contribution < -0.4 is 10.5 Å². The fraction of sp³-hybridized carbons (Fsp3) is 0.167. The second kappa shape index (κ2) is 5.79. The molecule has 1 aromatic carbocycles. The number of aromatic nitrogens is 2. The average molecular weight is 310 g/mol. The highest BCUT2D eigenvalue weighted by atomic mass is 79.9. The van der Waals surface area contributed by atoms with E-state index in [9.17, 15) is 0 Å². The van der Waals surface area contributed by atoms with Gasteiger partial charge in [-0.3, -0.25) is 0 Å². The summed E-state index contributed by atoms with van der Waals surface area (Å²) in [5.41, 5.74) is 6.50. The molecule has 0 aliphatic rings. The first-order valence-corrected chi connectivity index (χ1v) is 6.15. The predicted octanol–water partition coefficient (Wildman–Crippen LogP) is 2.15. The van der Waals surface area contributed by atoms with Crippen molar-refractivity contribution in [2.45, 2.75) is 6.42 Å². The van der Waals surface area contributed by atoms with E-state index in [2.05, 4.69) is 25.9 Å². The maximum atomic E-state index is 8.98. The maximum absolute atomic E-state index is 8.98. The number of anilines is 1. The number of aliphatic hydroxyl groups is 1. The molecule has 3 N–H and O–H groups in total. The number of nitrogens with two attached hydrogens (primary N) is 1. The number of nitrogens with zero attached hydrogens (tertiary/aromatic N) is 2. The Hall–Kier alpha value is -1.66. The molecule has 0 unspecified atom stereocenters. The number of rotatable bonds is 4. The summed E-state index contributed by atoms with van der Waals surface area (Å²) in [6.07, 6.45) is 0.514. The molecule has 94 valence electrons. The Morgan fingerprint density at radius 1 is 1.28 bits per heavy atom. The number of aliphatic hydroxyl groups excluding tert-OH is 1. The Morgan fingerprint density at radius 3 is 2.78 bits per heavy atom. The van der Waals surface area contributed by atoms with Crippen LogP contribution in [0.15, 0.2) is 34.9 Å². The summed E-state index contributed by atoms with van der Waals surface area (Å²) in [7, 11) is 0. The van der Waals surface area contributed by atoms with Gasteiger partial charge in [0.1, 0.15) is 16.2 Å². The molecule has 5 nitrogen and oxygen atoms in total. The van der Waals surface area contributed by atoms with Crippen molar-refractivity contribution in [3.05, 3.63) is 40.5 Å². The second-order valence-electron chi connectivity index (χ2n) is 3.58. The van der Waals surface area contributed by atoms with Crippen molar-refractivity contribution in [1.29, 1.82) is 0 Å². The van der Waals surface area contributed by atoms with Gasteiger partial charge in [-0.05, 0) is 34.0 Å². The number of halogens is 1. The Labute approximate surface area is 113 Å². The molecule has 0 bridgehead atoms. The fourth-order valence-corrected chi connectivity index (χ4v) is 1.87. The maximum Gasteiger partial charge on any atom is 0.325 e. The third-order valence-corrected chi connectivity index (χ3v) is 2.66. The highest BCUT2D eigenvalue weighted by molar-refractivity contribution is 9.10. The van der Waals surface area contributed by atoms with E-state index in [1.807, 2.05) is 18.2 Å². The number of benzene rings is 1. The number of para-hydroxylation sites is 1. The summed E-state index contributed by atoms with van der Waals surface area (Å²) in [6.45, 7) is 0.0574. The van der Waals surface area contributed by atoms with Crippen molar-refractivity contribution in [3.63, 3.8) is 0 Å². The second-order valence-corrected chi connectivity index (χ2v) is 4.39. The monoisotopic (exact) mass is 309 g/mol. The fourth-order valence-electron chi connectivity index (χ4n) is 1.49. The van der Waals surface area contributed by atoms with Crippen LogP contribution in [-0.2, 0) is 6.42 Å². The normalized spacial score (nSPS) is 10.3. The van der Waals surface area contributed by atoms with Crippen molar-refractivity contribution in [1.82, 2.24) is 9.97 Å². The molecule has 0 aliphatic carbocycles. The van der Waals surface area contributed by atoms with Crippen molar-refractivity contribution >= 4 is 21.7 Å². The van der Waals surface area contributed by atoms with E-state index in [-0.39, 0.29) is 12.6 Å². The van der Waals surface area contributed by atoms with Crippen molar-refractivity contribution < 1.29 is 9.84 Å². The van der Waals surface area contributed by atoms with Crippen LogP contribution in [0.2, 0.25) is 0 Å². The molecule has 2 aromatic rings. The lowest BCUT2D eigenvalue weighted by Crippen LogP contribution is -2.00. The zero-order valence-corrected chi connectivity index (χ0v) is 11.1. The number of hydrogen-bond acceptors (Lipinski definition) is 5. The lowest BCUT2D eigenvalue weighted by Gasteiger charge is -2.09. The minimum Gasteiger partial charge on any atom is -0.424 e. The first-order chi connectivity index (χ1) is 8.69. The Balaban J connectivity index is 2.27. The van der Waals surface area contributed by atoms with E-state index >= 15 is 0 Å². The zero-order chi connectivity index (χ0) is 13.0. The van der Waals surface area contributed by atoms with Crippen LogP contribution >= 0.6 is 15.9 Å². The third-order valence-electron chi connectivity index (χ3n) is 2.25. The van der Waals surface area contributed by atoms with E-state index < -0.39 is 0 Å². The molecule has 0 aliphatic heterocycles. The van der Waals surface area contributed by atoms with Gasteiger partial charge in [-0.2, -0.15) is 9.97 Å². The minimum atomic E-state index is 0.0574. The van der Waals surface area contributed by atoms with Gasteiger partial charge in [0, 0.05) is 12.7 Å². The topological polar surface area (TPSA) is 81.3 Å². The molecule has 1 heterocycles. The van der Waals surface area contributed by atoms with Crippen molar-refractivity contribution in [2.24, 2.45) is 0 Å². The summed E-state index contributed by atoms with van der Waals surface area (Å²) in [4.78, 5) is 8.05. The SMILES string of the molecule is Nc1cc(Br)nc(Oc2ccccc2CCO)n1. The largest absolute Gasteiger partial charge is 0.424 e. The van der Waals surface area contributed by atoms with Gasteiger partial charge in [-0.25, -0.2) is 0 Å².